The zero-order valence-corrected chi connectivity index (χ0v) is 23.1. The predicted molar refractivity (Wildman–Crippen MR) is 151 cm³/mol. The molecule has 1 aliphatic rings. The summed E-state index contributed by atoms with van der Waals surface area (Å²) in [5.74, 6) is -0.115. The molecule has 4 rings (SSSR count). The maximum Gasteiger partial charge on any atom is 0.293 e. The molecule has 0 radical (unpaired) electrons. The van der Waals surface area contributed by atoms with Crippen molar-refractivity contribution in [2.24, 2.45) is 0 Å². The molecule has 0 aromatic heterocycles. The van der Waals surface area contributed by atoms with E-state index < -0.39 is 17.1 Å². The number of halogens is 3. The maximum absolute atomic E-state index is 13.0. The van der Waals surface area contributed by atoms with Gasteiger partial charge in [-0.2, -0.15) is 0 Å². The van der Waals surface area contributed by atoms with Gasteiger partial charge in [0.05, 0.1) is 28.8 Å². The fourth-order valence-corrected chi connectivity index (χ4v) is 5.06. The Kier molecular flexibility index (Phi) is 9.22. The third-order valence-corrected chi connectivity index (χ3v) is 7.27. The lowest BCUT2D eigenvalue weighted by molar-refractivity contribution is -0.123. The van der Waals surface area contributed by atoms with Crippen LogP contribution in [0.1, 0.15) is 18.1 Å². The quantitative estimate of drug-likeness (QED) is 0.263. The minimum atomic E-state index is -0.453. The molecule has 0 atom stereocenters. The van der Waals surface area contributed by atoms with Gasteiger partial charge < -0.3 is 14.8 Å². The number of imide groups is 1. The maximum atomic E-state index is 13.0. The lowest BCUT2D eigenvalue weighted by atomic mass is 10.1. The molecule has 3 aromatic carbocycles. The van der Waals surface area contributed by atoms with Gasteiger partial charge in [0, 0.05) is 15.6 Å². The number of thioether (sulfide) groups is 1. The van der Waals surface area contributed by atoms with Gasteiger partial charge in [0.1, 0.15) is 0 Å². The molecule has 1 heterocycles. The highest BCUT2D eigenvalue weighted by Crippen LogP contribution is 2.37. The smallest absolute Gasteiger partial charge is 0.293 e. The van der Waals surface area contributed by atoms with E-state index >= 15 is 0 Å². The Morgan fingerprint density at radius 1 is 0.947 bits per heavy atom. The summed E-state index contributed by atoms with van der Waals surface area (Å²) in [6.07, 6.45) is 1.59. The number of nitrogens with one attached hydrogen (secondary N) is 1. The van der Waals surface area contributed by atoms with Gasteiger partial charge in [-0.25, -0.2) is 0 Å². The highest BCUT2D eigenvalue weighted by Gasteiger charge is 2.35. The molecule has 0 saturated carbocycles. The van der Waals surface area contributed by atoms with Crippen molar-refractivity contribution in [3.8, 4) is 11.5 Å². The van der Waals surface area contributed by atoms with Gasteiger partial charge in [-0.1, -0.05) is 59.1 Å². The molecule has 1 aliphatic heterocycles. The fourth-order valence-electron chi connectivity index (χ4n) is 3.52. The minimum Gasteiger partial charge on any atom is -0.490 e. The third-order valence-electron chi connectivity index (χ3n) is 5.32. The van der Waals surface area contributed by atoms with E-state index in [-0.39, 0.29) is 18.1 Å². The number of hydrogen-bond donors (Lipinski definition) is 1. The SMILES string of the molecule is CCOc1cc(/C=C2\SC(=O)N(Cc3c(Cl)cccc3Cl)C2=O)ccc1OCC(=O)Nc1ccccc1Cl. The third kappa shape index (κ3) is 6.63. The van der Waals surface area contributed by atoms with Crippen LogP contribution in [0.2, 0.25) is 15.1 Å². The van der Waals surface area contributed by atoms with Crippen molar-refractivity contribution in [1.82, 2.24) is 4.90 Å². The fraction of sp³-hybridized carbons (Fsp3) is 0.148. The van der Waals surface area contributed by atoms with E-state index in [1.807, 2.05) is 6.92 Å². The summed E-state index contributed by atoms with van der Waals surface area (Å²) >= 11 is 19.3. The number of carbonyl (C=O) groups excluding carboxylic acids is 3. The van der Waals surface area contributed by atoms with Crippen molar-refractivity contribution in [2.75, 3.05) is 18.5 Å². The molecule has 11 heteroatoms. The van der Waals surface area contributed by atoms with E-state index in [4.69, 9.17) is 44.3 Å². The van der Waals surface area contributed by atoms with Crippen molar-refractivity contribution >= 4 is 75.4 Å². The summed E-state index contributed by atoms with van der Waals surface area (Å²) < 4.78 is 11.4. The second-order valence-electron chi connectivity index (χ2n) is 7.92. The first kappa shape index (κ1) is 27.9. The molecule has 0 aliphatic carbocycles. The van der Waals surface area contributed by atoms with E-state index in [0.29, 0.717) is 50.0 Å². The van der Waals surface area contributed by atoms with Gasteiger partial charge in [0.2, 0.25) is 0 Å². The molecule has 3 aromatic rings. The summed E-state index contributed by atoms with van der Waals surface area (Å²) in [6.45, 7) is 1.86. The van der Waals surface area contributed by atoms with Crippen molar-refractivity contribution in [3.05, 3.63) is 91.8 Å². The van der Waals surface area contributed by atoms with Crippen molar-refractivity contribution < 1.29 is 23.9 Å². The Bertz CT molecular complexity index is 1410. The number of hydrogen-bond acceptors (Lipinski definition) is 6. The summed E-state index contributed by atoms with van der Waals surface area (Å²) in [5.41, 5.74) is 1.59. The highest BCUT2D eigenvalue weighted by molar-refractivity contribution is 8.18. The Hall–Kier alpha value is -3.17. The van der Waals surface area contributed by atoms with Gasteiger partial charge >= 0.3 is 0 Å². The molecular weight excluding hydrogens is 571 g/mol. The average Bonchev–Trinajstić information content (AvgIpc) is 3.14. The molecule has 1 saturated heterocycles. The topological polar surface area (TPSA) is 84.9 Å². The summed E-state index contributed by atoms with van der Waals surface area (Å²) in [5, 5.41) is 3.43. The van der Waals surface area contributed by atoms with E-state index in [9.17, 15) is 14.4 Å². The number of amides is 3. The number of benzene rings is 3. The summed E-state index contributed by atoms with van der Waals surface area (Å²) in [6, 6.07) is 16.9. The van der Waals surface area contributed by atoms with Crippen molar-refractivity contribution in [3.63, 3.8) is 0 Å². The van der Waals surface area contributed by atoms with Gasteiger partial charge in [-0.05, 0) is 66.7 Å². The molecule has 0 unspecified atom stereocenters. The molecule has 196 valence electrons. The van der Waals surface area contributed by atoms with Gasteiger partial charge in [-0.3, -0.25) is 19.3 Å². The second-order valence-corrected chi connectivity index (χ2v) is 10.1. The Labute approximate surface area is 238 Å². The van der Waals surface area contributed by atoms with Crippen LogP contribution in [0.15, 0.2) is 65.6 Å². The standard InChI is InChI=1S/C27H21Cl3N2O5S/c1-2-36-23-12-16(10-11-22(23)37-15-25(33)31-21-9-4-3-6-20(21)30)13-24-26(34)32(27(35)38-24)14-17-18(28)7-5-8-19(17)29/h3-13H,2,14-15H2,1H3,(H,31,33)/b24-13-. The van der Waals surface area contributed by atoms with Crippen LogP contribution in [0.3, 0.4) is 0 Å². The van der Waals surface area contributed by atoms with E-state index in [1.54, 1.807) is 66.7 Å². The molecule has 3 amide bonds. The van der Waals surface area contributed by atoms with E-state index in [2.05, 4.69) is 5.32 Å². The lowest BCUT2D eigenvalue weighted by Crippen LogP contribution is -2.27. The van der Waals surface area contributed by atoms with Crippen LogP contribution in [0.5, 0.6) is 11.5 Å². The van der Waals surface area contributed by atoms with Crippen molar-refractivity contribution in [1.29, 1.82) is 0 Å². The predicted octanol–water partition coefficient (Wildman–Crippen LogP) is 7.30. The van der Waals surface area contributed by atoms with Crippen molar-refractivity contribution in [2.45, 2.75) is 13.5 Å². The normalized spacial score (nSPS) is 14.2. The number of para-hydroxylation sites is 1. The first-order valence-corrected chi connectivity index (χ1v) is 13.3. The van der Waals surface area contributed by atoms with E-state index in [0.717, 1.165) is 16.7 Å². The molecule has 0 bridgehead atoms. The number of nitrogens with zero attached hydrogens (tertiary/aromatic N) is 1. The number of ether oxygens (including phenoxy) is 2. The average molecular weight is 592 g/mol. The molecule has 0 spiro atoms. The zero-order chi connectivity index (χ0) is 27.2. The van der Waals surface area contributed by atoms with Gasteiger partial charge in [0.15, 0.2) is 18.1 Å². The van der Waals surface area contributed by atoms with Crippen LogP contribution in [0, 0.1) is 0 Å². The summed E-state index contributed by atoms with van der Waals surface area (Å²) in [4.78, 5) is 39.3. The molecule has 1 N–H and O–H groups in total. The number of carbonyl (C=O) groups is 3. The highest BCUT2D eigenvalue weighted by atomic mass is 35.5. The molecular formula is C27H21Cl3N2O5S. The van der Waals surface area contributed by atoms with Crippen LogP contribution < -0.4 is 14.8 Å². The Balaban J connectivity index is 1.47. The Morgan fingerprint density at radius 3 is 2.37 bits per heavy atom. The number of anilines is 1. The number of rotatable bonds is 9. The zero-order valence-electron chi connectivity index (χ0n) is 20.0. The largest absolute Gasteiger partial charge is 0.490 e. The summed E-state index contributed by atoms with van der Waals surface area (Å²) in [7, 11) is 0. The molecule has 7 nitrogen and oxygen atoms in total. The first-order valence-electron chi connectivity index (χ1n) is 11.4. The molecule has 38 heavy (non-hydrogen) atoms. The van der Waals surface area contributed by atoms with Gasteiger partial charge in [0.25, 0.3) is 17.1 Å². The lowest BCUT2D eigenvalue weighted by Gasteiger charge is -2.15. The first-order chi connectivity index (χ1) is 18.3. The van der Waals surface area contributed by atoms with Gasteiger partial charge in [-0.15, -0.1) is 0 Å². The van der Waals surface area contributed by atoms with Crippen LogP contribution in [-0.4, -0.2) is 35.2 Å². The van der Waals surface area contributed by atoms with E-state index in [1.165, 1.54) is 0 Å². The van der Waals surface area contributed by atoms with Crippen LogP contribution in [0.4, 0.5) is 10.5 Å². The van der Waals surface area contributed by atoms with Crippen LogP contribution in [0.25, 0.3) is 6.08 Å². The van der Waals surface area contributed by atoms with Crippen LogP contribution in [-0.2, 0) is 16.1 Å². The van der Waals surface area contributed by atoms with Crippen LogP contribution >= 0.6 is 46.6 Å². The minimum absolute atomic E-state index is 0.0340. The monoisotopic (exact) mass is 590 g/mol. The Morgan fingerprint density at radius 2 is 1.66 bits per heavy atom. The second kappa shape index (κ2) is 12.6. The molecule has 1 fully saturated rings.